The van der Waals surface area contributed by atoms with Gasteiger partial charge in [0.05, 0.1) is 5.69 Å². The van der Waals surface area contributed by atoms with Gasteiger partial charge in [-0.05, 0) is 39.3 Å². The van der Waals surface area contributed by atoms with Crippen LogP contribution in [-0.4, -0.2) is 43.6 Å². The molecule has 2 aromatic rings. The van der Waals surface area contributed by atoms with Crippen molar-refractivity contribution >= 4 is 5.78 Å². The zero-order valence-electron chi connectivity index (χ0n) is 12.5. The lowest BCUT2D eigenvalue weighted by Gasteiger charge is -2.35. The lowest BCUT2D eigenvalue weighted by molar-refractivity contribution is -0.144. The molecule has 0 spiro atoms. The molecule has 0 aromatic carbocycles. The lowest BCUT2D eigenvalue weighted by atomic mass is 9.94. The first-order valence-corrected chi connectivity index (χ1v) is 7.39. The minimum absolute atomic E-state index is 0.00601. The maximum atomic E-state index is 12.8. The summed E-state index contributed by atoms with van der Waals surface area (Å²) < 4.78 is 39.6. The van der Waals surface area contributed by atoms with Crippen LogP contribution >= 0.6 is 0 Å². The monoisotopic (exact) mass is 313 g/mol. The number of rotatable bonds is 2. The quantitative estimate of drug-likeness (QED) is 0.855. The van der Waals surface area contributed by atoms with Crippen LogP contribution in [0.15, 0.2) is 12.3 Å². The molecule has 1 atom stereocenters. The van der Waals surface area contributed by atoms with Crippen molar-refractivity contribution in [1.82, 2.24) is 24.5 Å². The number of nitrogens with zero attached hydrogens (tertiary/aromatic N) is 5. The van der Waals surface area contributed by atoms with Gasteiger partial charge in [-0.3, -0.25) is 0 Å². The second-order valence-corrected chi connectivity index (χ2v) is 5.94. The van der Waals surface area contributed by atoms with Gasteiger partial charge in [0, 0.05) is 24.7 Å². The smallest absolute Gasteiger partial charge is 0.300 e. The van der Waals surface area contributed by atoms with Crippen LogP contribution in [-0.2, 0) is 6.18 Å². The van der Waals surface area contributed by atoms with E-state index in [4.69, 9.17) is 0 Å². The molecule has 0 amide bonds. The first-order chi connectivity index (χ1) is 10.4. The normalized spacial score (nSPS) is 20.9. The highest BCUT2D eigenvalue weighted by Gasteiger charge is 2.37. The average Bonchev–Trinajstić information content (AvgIpc) is 2.91. The molecular formula is C14H18F3N5. The average molecular weight is 313 g/mol. The van der Waals surface area contributed by atoms with Crippen molar-refractivity contribution in [2.24, 2.45) is 0 Å². The van der Waals surface area contributed by atoms with Crippen molar-refractivity contribution in [3.05, 3.63) is 23.8 Å². The van der Waals surface area contributed by atoms with Crippen LogP contribution < -0.4 is 0 Å². The van der Waals surface area contributed by atoms with Crippen molar-refractivity contribution in [3.63, 3.8) is 0 Å². The summed E-state index contributed by atoms with van der Waals surface area (Å²) in [5, 5.41) is 3.63. The Morgan fingerprint density at radius 1 is 1.32 bits per heavy atom. The van der Waals surface area contributed by atoms with Crippen molar-refractivity contribution < 1.29 is 13.2 Å². The Balaban J connectivity index is 1.98. The SMILES string of the molecule is CC(C)N1CCC[C@@H](c2ccnc3nc(C(F)(F)F)nn23)C1. The molecule has 0 radical (unpaired) electrons. The Hall–Kier alpha value is -1.70. The number of halogens is 3. The van der Waals surface area contributed by atoms with E-state index in [1.54, 1.807) is 6.07 Å². The van der Waals surface area contributed by atoms with Crippen LogP contribution in [0.3, 0.4) is 0 Å². The number of hydrogen-bond acceptors (Lipinski definition) is 4. The number of piperidine rings is 1. The van der Waals surface area contributed by atoms with Gasteiger partial charge >= 0.3 is 6.18 Å². The number of alkyl halides is 3. The molecule has 8 heteroatoms. The molecule has 0 bridgehead atoms. The highest BCUT2D eigenvalue weighted by molar-refractivity contribution is 5.30. The molecule has 1 aliphatic rings. The standard InChI is InChI=1S/C14H18F3N5/c1-9(2)21-7-3-4-10(8-21)11-5-6-18-13-19-12(14(15,16)17)20-22(11)13/h5-6,9-10H,3-4,7-8H2,1-2H3/t10-/m1/s1. The highest BCUT2D eigenvalue weighted by Crippen LogP contribution is 2.30. The van der Waals surface area contributed by atoms with E-state index in [1.165, 1.54) is 10.7 Å². The molecular weight excluding hydrogens is 295 g/mol. The van der Waals surface area contributed by atoms with Crippen LogP contribution in [0.5, 0.6) is 0 Å². The van der Waals surface area contributed by atoms with E-state index < -0.39 is 12.0 Å². The number of hydrogen-bond donors (Lipinski definition) is 0. The van der Waals surface area contributed by atoms with Crippen LogP contribution in [0, 0.1) is 0 Å². The highest BCUT2D eigenvalue weighted by atomic mass is 19.4. The Morgan fingerprint density at radius 2 is 2.09 bits per heavy atom. The minimum atomic E-state index is -4.55. The van der Waals surface area contributed by atoms with E-state index in [-0.39, 0.29) is 11.7 Å². The third kappa shape index (κ3) is 2.79. The molecule has 5 nitrogen and oxygen atoms in total. The number of likely N-dealkylation sites (tertiary alicyclic amines) is 1. The van der Waals surface area contributed by atoms with Crippen molar-refractivity contribution in [3.8, 4) is 0 Å². The maximum Gasteiger partial charge on any atom is 0.453 e. The van der Waals surface area contributed by atoms with Gasteiger partial charge in [-0.15, -0.1) is 5.10 Å². The molecule has 1 fully saturated rings. The zero-order chi connectivity index (χ0) is 15.9. The summed E-state index contributed by atoms with van der Waals surface area (Å²) in [5.41, 5.74) is 0.748. The molecule has 120 valence electrons. The summed E-state index contributed by atoms with van der Waals surface area (Å²) in [6.45, 7) is 6.09. The number of fused-ring (bicyclic) bond motifs is 1. The molecule has 0 N–H and O–H groups in total. The largest absolute Gasteiger partial charge is 0.453 e. The molecule has 0 unspecified atom stereocenters. The zero-order valence-corrected chi connectivity index (χ0v) is 12.5. The van der Waals surface area contributed by atoms with Crippen molar-refractivity contribution in [2.45, 2.75) is 44.8 Å². The van der Waals surface area contributed by atoms with Crippen molar-refractivity contribution in [1.29, 1.82) is 0 Å². The summed E-state index contributed by atoms with van der Waals surface area (Å²) in [5.74, 6) is -0.986. The first kappa shape index (κ1) is 15.2. The maximum absolute atomic E-state index is 12.8. The fourth-order valence-electron chi connectivity index (χ4n) is 2.96. The third-order valence-electron chi connectivity index (χ3n) is 4.12. The van der Waals surface area contributed by atoms with Gasteiger partial charge in [-0.1, -0.05) is 0 Å². The molecule has 1 saturated heterocycles. The lowest BCUT2D eigenvalue weighted by Crippen LogP contribution is -2.39. The van der Waals surface area contributed by atoms with E-state index in [0.29, 0.717) is 6.04 Å². The van der Waals surface area contributed by atoms with Gasteiger partial charge in [-0.25, -0.2) is 9.50 Å². The Morgan fingerprint density at radius 3 is 2.77 bits per heavy atom. The van der Waals surface area contributed by atoms with Crippen LogP contribution in [0.1, 0.15) is 44.1 Å². The summed E-state index contributed by atoms with van der Waals surface area (Å²) in [6.07, 6.45) is -1.09. The second kappa shape index (κ2) is 5.49. The van der Waals surface area contributed by atoms with Crippen LogP contribution in [0.25, 0.3) is 5.78 Å². The van der Waals surface area contributed by atoms with E-state index >= 15 is 0 Å². The Kier molecular flexibility index (Phi) is 3.80. The summed E-state index contributed by atoms with van der Waals surface area (Å²) >= 11 is 0. The fraction of sp³-hybridized carbons (Fsp3) is 0.643. The topological polar surface area (TPSA) is 46.3 Å². The summed E-state index contributed by atoms with van der Waals surface area (Å²) in [6, 6.07) is 2.16. The van der Waals surface area contributed by atoms with Gasteiger partial charge in [0.2, 0.25) is 0 Å². The third-order valence-corrected chi connectivity index (χ3v) is 4.12. The number of aromatic nitrogens is 4. The molecule has 22 heavy (non-hydrogen) atoms. The van der Waals surface area contributed by atoms with Crippen LogP contribution in [0.4, 0.5) is 13.2 Å². The van der Waals surface area contributed by atoms with Gasteiger partial charge < -0.3 is 4.90 Å². The predicted octanol–water partition coefficient (Wildman–Crippen LogP) is 2.73. The molecule has 2 aromatic heterocycles. The van der Waals surface area contributed by atoms with Crippen molar-refractivity contribution in [2.75, 3.05) is 13.1 Å². The fourth-order valence-corrected chi connectivity index (χ4v) is 2.96. The van der Waals surface area contributed by atoms with Gasteiger partial charge in [-0.2, -0.15) is 18.2 Å². The van der Waals surface area contributed by atoms with Gasteiger partial charge in [0.1, 0.15) is 0 Å². The second-order valence-electron chi connectivity index (χ2n) is 5.94. The molecule has 3 heterocycles. The molecule has 0 saturated carbocycles. The van der Waals surface area contributed by atoms with Gasteiger partial charge in [0.25, 0.3) is 11.6 Å². The Bertz CT molecular complexity index is 664. The van der Waals surface area contributed by atoms with E-state index in [2.05, 4.69) is 33.8 Å². The van der Waals surface area contributed by atoms with Gasteiger partial charge in [0.15, 0.2) is 0 Å². The summed E-state index contributed by atoms with van der Waals surface area (Å²) in [7, 11) is 0. The summed E-state index contributed by atoms with van der Waals surface area (Å²) in [4.78, 5) is 9.73. The molecule has 0 aliphatic carbocycles. The first-order valence-electron chi connectivity index (χ1n) is 7.39. The van der Waals surface area contributed by atoms with E-state index in [9.17, 15) is 13.2 Å². The predicted molar refractivity (Wildman–Crippen MR) is 74.5 cm³/mol. The van der Waals surface area contributed by atoms with E-state index in [1.807, 2.05) is 0 Å². The molecule has 1 aliphatic heterocycles. The molecule has 3 rings (SSSR count). The minimum Gasteiger partial charge on any atom is -0.300 e. The van der Waals surface area contributed by atoms with E-state index in [0.717, 1.165) is 31.6 Å². The Labute approximate surface area is 126 Å². The van der Waals surface area contributed by atoms with Crippen LogP contribution in [0.2, 0.25) is 0 Å².